The molecule has 0 bridgehead atoms. The Bertz CT molecular complexity index is 741. The summed E-state index contributed by atoms with van der Waals surface area (Å²) in [6, 6.07) is 12.0. The van der Waals surface area contributed by atoms with Crippen LogP contribution in [0.1, 0.15) is 28.8 Å². The van der Waals surface area contributed by atoms with Crippen molar-refractivity contribution in [1.29, 1.82) is 0 Å². The smallest absolute Gasteiger partial charge is 0.262 e. The number of nitrogens with one attached hydrogen (secondary N) is 1. The predicted octanol–water partition coefficient (Wildman–Crippen LogP) is 2.88. The minimum Gasteiger partial charge on any atom is -0.379 e. The van der Waals surface area contributed by atoms with E-state index in [4.69, 9.17) is 4.74 Å². The highest BCUT2D eigenvalue weighted by Gasteiger charge is 2.27. The largest absolute Gasteiger partial charge is 0.379 e. The van der Waals surface area contributed by atoms with Crippen LogP contribution < -0.4 is 10.2 Å². The van der Waals surface area contributed by atoms with Gasteiger partial charge in [-0.2, -0.15) is 0 Å². The molecule has 5 nitrogen and oxygen atoms in total. The molecule has 4 rings (SSSR count). The van der Waals surface area contributed by atoms with E-state index < -0.39 is 0 Å². The number of ether oxygens (including phenoxy) is 1. The Kier molecular flexibility index (Phi) is 4.17. The molecule has 1 unspecified atom stereocenters. The first-order chi connectivity index (χ1) is 11.8. The molecule has 1 saturated heterocycles. The maximum Gasteiger partial charge on any atom is 0.262 e. The number of carbonyl (C=O) groups excluding carboxylic acids is 1. The molecule has 1 aromatic heterocycles. The number of carbonyl (C=O) groups is 1. The van der Waals surface area contributed by atoms with Crippen LogP contribution in [-0.4, -0.2) is 36.7 Å². The lowest BCUT2D eigenvalue weighted by Crippen LogP contribution is -2.33. The summed E-state index contributed by atoms with van der Waals surface area (Å²) >= 11 is 0. The number of nitrogens with zero attached hydrogens (tertiary/aromatic N) is 2. The van der Waals surface area contributed by atoms with Crippen LogP contribution in [-0.2, 0) is 11.2 Å². The number of hydrogen-bond donors (Lipinski definition) is 1. The Balaban J connectivity index is 1.59. The minimum absolute atomic E-state index is 0.00674. The first-order valence-corrected chi connectivity index (χ1v) is 8.52. The number of para-hydroxylation sites is 1. The second-order valence-electron chi connectivity index (χ2n) is 6.29. The average molecular weight is 323 g/mol. The van der Waals surface area contributed by atoms with Crippen LogP contribution in [0.15, 0.2) is 42.6 Å². The number of pyridine rings is 1. The molecule has 124 valence electrons. The molecule has 1 amide bonds. The number of rotatable bonds is 3. The van der Waals surface area contributed by atoms with Gasteiger partial charge in [-0.15, -0.1) is 0 Å². The summed E-state index contributed by atoms with van der Waals surface area (Å²) in [6.45, 7) is 2.20. The van der Waals surface area contributed by atoms with E-state index in [-0.39, 0.29) is 11.9 Å². The van der Waals surface area contributed by atoms with Gasteiger partial charge in [0.25, 0.3) is 5.91 Å². The van der Waals surface area contributed by atoms with E-state index >= 15 is 0 Å². The fraction of sp³-hybridized carbons (Fsp3) is 0.368. The summed E-state index contributed by atoms with van der Waals surface area (Å²) < 4.78 is 5.52. The summed E-state index contributed by atoms with van der Waals surface area (Å²) in [5.41, 5.74) is 2.86. The lowest BCUT2D eigenvalue weighted by molar-refractivity contribution is 0.0873. The number of amides is 1. The van der Waals surface area contributed by atoms with Crippen LogP contribution in [0.2, 0.25) is 0 Å². The van der Waals surface area contributed by atoms with Gasteiger partial charge in [-0.3, -0.25) is 4.79 Å². The molecule has 24 heavy (non-hydrogen) atoms. The standard InChI is InChI=1S/C19H21N3O2/c23-19(22-11-9-14-5-1-2-8-17(14)22)16-7-3-10-20-18(16)21-15-6-4-12-24-13-15/h1-3,5,7-8,10,15H,4,6,9,11-13H2,(H,20,21). The van der Waals surface area contributed by atoms with E-state index in [0.29, 0.717) is 18.0 Å². The minimum atomic E-state index is 0.00674. The van der Waals surface area contributed by atoms with Gasteiger partial charge in [0, 0.05) is 25.0 Å². The molecule has 1 N–H and O–H groups in total. The first kappa shape index (κ1) is 15.1. The molecular weight excluding hydrogens is 302 g/mol. The van der Waals surface area contributed by atoms with Crippen LogP contribution in [0.25, 0.3) is 0 Å². The van der Waals surface area contributed by atoms with Crippen LogP contribution in [0.3, 0.4) is 0 Å². The first-order valence-electron chi connectivity index (χ1n) is 8.52. The molecular formula is C19H21N3O2. The SMILES string of the molecule is O=C(c1cccnc1NC1CCCOC1)N1CCc2ccccc21. The zero-order valence-corrected chi connectivity index (χ0v) is 13.6. The topological polar surface area (TPSA) is 54.5 Å². The second kappa shape index (κ2) is 6.61. The quantitative estimate of drug-likeness (QED) is 0.944. The molecule has 2 aliphatic heterocycles. The Morgan fingerprint density at radius 3 is 3.04 bits per heavy atom. The monoisotopic (exact) mass is 323 g/mol. The van der Waals surface area contributed by atoms with Crippen molar-refractivity contribution in [3.05, 3.63) is 53.7 Å². The third-order valence-corrected chi connectivity index (χ3v) is 4.67. The summed E-state index contributed by atoms with van der Waals surface area (Å²) in [4.78, 5) is 19.3. The van der Waals surface area contributed by atoms with E-state index in [9.17, 15) is 4.79 Å². The third kappa shape index (κ3) is 2.87. The molecule has 1 atom stereocenters. The van der Waals surface area contributed by atoms with Gasteiger partial charge >= 0.3 is 0 Å². The highest BCUT2D eigenvalue weighted by molar-refractivity contribution is 6.10. The van der Waals surface area contributed by atoms with Crippen LogP contribution >= 0.6 is 0 Å². The number of benzene rings is 1. The van der Waals surface area contributed by atoms with Gasteiger partial charge < -0.3 is 15.0 Å². The summed E-state index contributed by atoms with van der Waals surface area (Å²) in [7, 11) is 0. The van der Waals surface area contributed by atoms with Crippen molar-refractivity contribution in [3.63, 3.8) is 0 Å². The van der Waals surface area contributed by atoms with Gasteiger partial charge in [0.05, 0.1) is 18.2 Å². The fourth-order valence-corrected chi connectivity index (χ4v) is 3.44. The van der Waals surface area contributed by atoms with Crippen LogP contribution in [0.4, 0.5) is 11.5 Å². The molecule has 2 aromatic rings. The number of anilines is 2. The molecule has 0 radical (unpaired) electrons. The third-order valence-electron chi connectivity index (χ3n) is 4.67. The highest BCUT2D eigenvalue weighted by Crippen LogP contribution is 2.30. The molecule has 0 spiro atoms. The van der Waals surface area contributed by atoms with E-state index in [1.807, 2.05) is 35.2 Å². The van der Waals surface area contributed by atoms with E-state index in [1.54, 1.807) is 6.20 Å². The van der Waals surface area contributed by atoms with E-state index in [0.717, 1.165) is 38.1 Å². The van der Waals surface area contributed by atoms with Gasteiger partial charge in [0.15, 0.2) is 0 Å². The van der Waals surface area contributed by atoms with Crippen molar-refractivity contribution in [3.8, 4) is 0 Å². The zero-order valence-electron chi connectivity index (χ0n) is 13.6. The Morgan fingerprint density at radius 1 is 1.25 bits per heavy atom. The van der Waals surface area contributed by atoms with Gasteiger partial charge in [0.2, 0.25) is 0 Å². The zero-order chi connectivity index (χ0) is 16.4. The van der Waals surface area contributed by atoms with Gasteiger partial charge in [0.1, 0.15) is 5.82 Å². The summed E-state index contributed by atoms with van der Waals surface area (Å²) in [5, 5.41) is 3.39. The Hall–Kier alpha value is -2.40. The lowest BCUT2D eigenvalue weighted by atomic mass is 10.1. The van der Waals surface area contributed by atoms with Crippen LogP contribution in [0, 0.1) is 0 Å². The predicted molar refractivity (Wildman–Crippen MR) is 93.5 cm³/mol. The van der Waals surface area contributed by atoms with Crippen molar-refractivity contribution in [1.82, 2.24) is 4.98 Å². The van der Waals surface area contributed by atoms with Crippen molar-refractivity contribution >= 4 is 17.4 Å². The Labute approximate surface area is 141 Å². The lowest BCUT2D eigenvalue weighted by Gasteiger charge is -2.25. The maximum absolute atomic E-state index is 13.1. The van der Waals surface area contributed by atoms with Gasteiger partial charge in [-0.1, -0.05) is 18.2 Å². The molecule has 5 heteroatoms. The van der Waals surface area contributed by atoms with E-state index in [2.05, 4.69) is 16.4 Å². The van der Waals surface area contributed by atoms with Crippen molar-refractivity contribution in [2.24, 2.45) is 0 Å². The number of fused-ring (bicyclic) bond motifs is 1. The average Bonchev–Trinajstić information content (AvgIpc) is 3.07. The maximum atomic E-state index is 13.1. The van der Waals surface area contributed by atoms with Gasteiger partial charge in [-0.05, 0) is 43.0 Å². The fourth-order valence-electron chi connectivity index (χ4n) is 3.44. The molecule has 0 aliphatic carbocycles. The van der Waals surface area contributed by atoms with E-state index in [1.165, 1.54) is 5.56 Å². The number of hydrogen-bond acceptors (Lipinski definition) is 4. The van der Waals surface area contributed by atoms with Crippen molar-refractivity contribution in [2.45, 2.75) is 25.3 Å². The van der Waals surface area contributed by atoms with Gasteiger partial charge in [-0.25, -0.2) is 4.98 Å². The van der Waals surface area contributed by atoms with Crippen molar-refractivity contribution < 1.29 is 9.53 Å². The normalized spacial score (nSPS) is 19.8. The second-order valence-corrected chi connectivity index (χ2v) is 6.29. The van der Waals surface area contributed by atoms with Crippen LogP contribution in [0.5, 0.6) is 0 Å². The van der Waals surface area contributed by atoms with Crippen molar-refractivity contribution in [2.75, 3.05) is 30.0 Å². The summed E-state index contributed by atoms with van der Waals surface area (Å²) in [6.07, 6.45) is 4.70. The molecule has 0 saturated carbocycles. The molecule has 1 aromatic carbocycles. The summed E-state index contributed by atoms with van der Waals surface area (Å²) in [5.74, 6) is 0.662. The molecule has 2 aliphatic rings. The highest BCUT2D eigenvalue weighted by atomic mass is 16.5. The number of aromatic nitrogens is 1. The molecule has 3 heterocycles. The molecule has 1 fully saturated rings. The Morgan fingerprint density at radius 2 is 2.17 bits per heavy atom.